The molecule has 0 bridgehead atoms. The van der Waals surface area contributed by atoms with Crippen LogP contribution in [-0.4, -0.2) is 42.7 Å². The van der Waals surface area contributed by atoms with E-state index in [9.17, 15) is 9.59 Å². The third-order valence-corrected chi connectivity index (χ3v) is 4.55. The maximum Gasteiger partial charge on any atom is 0.320 e. The molecule has 0 spiro atoms. The van der Waals surface area contributed by atoms with Gasteiger partial charge in [-0.1, -0.05) is 18.2 Å². The van der Waals surface area contributed by atoms with Gasteiger partial charge in [0.25, 0.3) is 0 Å². The van der Waals surface area contributed by atoms with E-state index in [0.717, 1.165) is 38.0 Å². The molecule has 2 amide bonds. The summed E-state index contributed by atoms with van der Waals surface area (Å²) in [5.41, 5.74) is 0. The van der Waals surface area contributed by atoms with E-state index in [-0.39, 0.29) is 6.03 Å². The minimum atomic E-state index is -0.175. The Labute approximate surface area is 122 Å². The molecule has 1 aliphatic carbocycles. The summed E-state index contributed by atoms with van der Waals surface area (Å²) in [5.74, 6) is 1.87. The van der Waals surface area contributed by atoms with Crippen LogP contribution >= 0.6 is 11.8 Å². The average Bonchev–Trinajstić information content (AvgIpc) is 2.96. The van der Waals surface area contributed by atoms with Gasteiger partial charge >= 0.3 is 6.03 Å². The van der Waals surface area contributed by atoms with E-state index < -0.39 is 0 Å². The molecular formula is C13H20N4O2S. The van der Waals surface area contributed by atoms with Crippen molar-refractivity contribution in [1.82, 2.24) is 10.6 Å². The minimum absolute atomic E-state index is 0.175. The molecule has 2 N–H and O–H groups in total. The Morgan fingerprint density at radius 1 is 1.45 bits per heavy atom. The van der Waals surface area contributed by atoms with Crippen LogP contribution in [0.15, 0.2) is 9.98 Å². The molecule has 0 aromatic heterocycles. The van der Waals surface area contributed by atoms with Crippen molar-refractivity contribution in [2.24, 2.45) is 21.8 Å². The Balaban J connectivity index is 1.67. The quantitative estimate of drug-likeness (QED) is 0.609. The molecule has 0 aromatic rings. The number of rotatable bonds is 4. The standard InChI is InChI=1S/C13H20N4O2S/c18-9-14-7-10-2-1-3-11(6-10)8-16-12(19)17-13-15-4-5-20-13/h10-11H,1-8H2,(H2,15,16,17,19). The van der Waals surface area contributed by atoms with Crippen LogP contribution in [0.4, 0.5) is 4.79 Å². The topological polar surface area (TPSA) is 82.9 Å². The van der Waals surface area contributed by atoms with Gasteiger partial charge in [0.2, 0.25) is 6.08 Å². The molecular weight excluding hydrogens is 276 g/mol. The summed E-state index contributed by atoms with van der Waals surface area (Å²) in [6.07, 6.45) is 5.98. The highest BCUT2D eigenvalue weighted by atomic mass is 32.2. The van der Waals surface area contributed by atoms with Gasteiger partial charge in [-0.15, -0.1) is 0 Å². The van der Waals surface area contributed by atoms with Crippen molar-refractivity contribution in [3.63, 3.8) is 0 Å². The van der Waals surface area contributed by atoms with E-state index in [0.29, 0.717) is 30.1 Å². The number of amidine groups is 1. The second kappa shape index (κ2) is 8.07. The average molecular weight is 296 g/mol. The van der Waals surface area contributed by atoms with Gasteiger partial charge in [-0.2, -0.15) is 0 Å². The molecule has 2 aliphatic rings. The van der Waals surface area contributed by atoms with E-state index in [1.807, 2.05) is 0 Å². The second-order valence-electron chi connectivity index (χ2n) is 5.20. The Morgan fingerprint density at radius 3 is 3.05 bits per heavy atom. The number of carbonyl (C=O) groups excluding carboxylic acids is 2. The number of isocyanates is 1. The smallest absolute Gasteiger partial charge is 0.320 e. The molecule has 1 saturated carbocycles. The largest absolute Gasteiger partial charge is 0.338 e. The summed E-state index contributed by atoms with van der Waals surface area (Å²) in [5, 5.41) is 6.37. The van der Waals surface area contributed by atoms with E-state index in [1.165, 1.54) is 0 Å². The number of thioether (sulfide) groups is 1. The lowest BCUT2D eigenvalue weighted by molar-refractivity contribution is 0.233. The first-order chi connectivity index (χ1) is 9.78. The fraction of sp³-hybridized carbons (Fsp3) is 0.769. The monoisotopic (exact) mass is 296 g/mol. The van der Waals surface area contributed by atoms with Crippen molar-refractivity contribution in [1.29, 1.82) is 0 Å². The molecule has 1 aliphatic heterocycles. The molecule has 6 nitrogen and oxygen atoms in total. The molecule has 20 heavy (non-hydrogen) atoms. The molecule has 0 radical (unpaired) electrons. The van der Waals surface area contributed by atoms with Crippen LogP contribution in [0, 0.1) is 11.8 Å². The van der Waals surface area contributed by atoms with E-state index in [4.69, 9.17) is 0 Å². The van der Waals surface area contributed by atoms with Crippen molar-refractivity contribution in [2.75, 3.05) is 25.4 Å². The van der Waals surface area contributed by atoms with Gasteiger partial charge in [0, 0.05) is 12.3 Å². The van der Waals surface area contributed by atoms with Crippen LogP contribution in [0.1, 0.15) is 25.7 Å². The third kappa shape index (κ3) is 4.98. The summed E-state index contributed by atoms with van der Waals surface area (Å²) < 4.78 is 0. The first-order valence-corrected chi connectivity index (χ1v) is 8.02. The van der Waals surface area contributed by atoms with Gasteiger partial charge in [0.1, 0.15) is 0 Å². The molecule has 2 rings (SSSR count). The Hall–Kier alpha value is -1.33. The van der Waals surface area contributed by atoms with Gasteiger partial charge in [0.05, 0.1) is 13.1 Å². The Kier molecular flexibility index (Phi) is 6.08. The van der Waals surface area contributed by atoms with Gasteiger partial charge in [-0.25, -0.2) is 14.6 Å². The zero-order chi connectivity index (χ0) is 14.2. The summed E-state index contributed by atoms with van der Waals surface area (Å²) in [6, 6.07) is -0.175. The summed E-state index contributed by atoms with van der Waals surface area (Å²) in [4.78, 5) is 29.7. The number of hydrogen-bond donors (Lipinski definition) is 2. The maximum absolute atomic E-state index is 11.7. The van der Waals surface area contributed by atoms with Gasteiger partial charge < -0.3 is 5.32 Å². The number of aliphatic imine (C=N–C) groups is 2. The zero-order valence-electron chi connectivity index (χ0n) is 11.4. The van der Waals surface area contributed by atoms with E-state index in [1.54, 1.807) is 17.8 Å². The molecule has 1 fully saturated rings. The zero-order valence-corrected chi connectivity index (χ0v) is 12.2. The maximum atomic E-state index is 11.7. The van der Waals surface area contributed by atoms with E-state index >= 15 is 0 Å². The van der Waals surface area contributed by atoms with Gasteiger partial charge in [-0.05, 0) is 31.1 Å². The molecule has 2 atom stereocenters. The number of hydrogen-bond acceptors (Lipinski definition) is 5. The van der Waals surface area contributed by atoms with Crippen molar-refractivity contribution < 1.29 is 9.59 Å². The van der Waals surface area contributed by atoms with Crippen LogP contribution in [-0.2, 0) is 4.79 Å². The number of carbonyl (C=O) groups is 1. The van der Waals surface area contributed by atoms with Gasteiger partial charge in [-0.3, -0.25) is 10.3 Å². The molecule has 1 heterocycles. The van der Waals surface area contributed by atoms with E-state index in [2.05, 4.69) is 20.6 Å². The number of amides is 2. The first-order valence-electron chi connectivity index (χ1n) is 7.03. The lowest BCUT2D eigenvalue weighted by Crippen LogP contribution is -2.41. The van der Waals surface area contributed by atoms with Crippen molar-refractivity contribution >= 4 is 29.0 Å². The normalized spacial score (nSPS) is 25.5. The van der Waals surface area contributed by atoms with Crippen LogP contribution in [0.25, 0.3) is 0 Å². The summed E-state index contributed by atoms with van der Waals surface area (Å²) in [6.45, 7) is 2.02. The number of urea groups is 1. The predicted molar refractivity (Wildman–Crippen MR) is 79.7 cm³/mol. The molecule has 110 valence electrons. The number of nitrogens with zero attached hydrogens (tertiary/aromatic N) is 2. The molecule has 7 heteroatoms. The molecule has 0 saturated heterocycles. The Morgan fingerprint density at radius 2 is 2.30 bits per heavy atom. The number of nitrogens with one attached hydrogen (secondary N) is 2. The lowest BCUT2D eigenvalue weighted by atomic mass is 9.81. The molecule has 2 unspecified atom stereocenters. The van der Waals surface area contributed by atoms with Crippen LogP contribution < -0.4 is 10.6 Å². The van der Waals surface area contributed by atoms with Crippen molar-refractivity contribution in [3.05, 3.63) is 0 Å². The SMILES string of the molecule is O=C=NCC1CCCC(CNC(=O)NC2=NCCS2)C1. The second-order valence-corrected chi connectivity index (χ2v) is 6.28. The summed E-state index contributed by atoms with van der Waals surface area (Å²) >= 11 is 1.57. The van der Waals surface area contributed by atoms with Gasteiger partial charge in [0.15, 0.2) is 5.17 Å². The fourth-order valence-corrected chi connectivity index (χ4v) is 3.43. The molecule has 0 aromatic carbocycles. The van der Waals surface area contributed by atoms with Crippen molar-refractivity contribution in [2.45, 2.75) is 25.7 Å². The minimum Gasteiger partial charge on any atom is -0.338 e. The lowest BCUT2D eigenvalue weighted by Gasteiger charge is -2.28. The first kappa shape index (κ1) is 15.1. The van der Waals surface area contributed by atoms with Crippen LogP contribution in [0.3, 0.4) is 0 Å². The van der Waals surface area contributed by atoms with Crippen molar-refractivity contribution in [3.8, 4) is 0 Å². The highest BCUT2D eigenvalue weighted by molar-refractivity contribution is 8.14. The highest BCUT2D eigenvalue weighted by Crippen LogP contribution is 2.28. The Bertz CT molecular complexity index is 421. The highest BCUT2D eigenvalue weighted by Gasteiger charge is 2.22. The third-order valence-electron chi connectivity index (χ3n) is 3.66. The predicted octanol–water partition coefficient (Wildman–Crippen LogP) is 1.53. The fourth-order valence-electron chi connectivity index (χ4n) is 2.71. The van der Waals surface area contributed by atoms with Crippen LogP contribution in [0.2, 0.25) is 0 Å². The van der Waals surface area contributed by atoms with Crippen LogP contribution in [0.5, 0.6) is 0 Å². The summed E-state index contributed by atoms with van der Waals surface area (Å²) in [7, 11) is 0.